The molecular formula is C18H19BrN2O2S. The molecule has 1 aliphatic heterocycles. The molecule has 0 aliphatic carbocycles. The zero-order valence-electron chi connectivity index (χ0n) is 13.5. The van der Waals surface area contributed by atoms with Crippen molar-refractivity contribution >= 4 is 39.1 Å². The van der Waals surface area contributed by atoms with Gasteiger partial charge in [0.2, 0.25) is 0 Å². The summed E-state index contributed by atoms with van der Waals surface area (Å²) in [4.78, 5) is 29.7. The van der Waals surface area contributed by atoms with Crippen LogP contribution < -0.4 is 0 Å². The molecule has 1 aliphatic rings. The van der Waals surface area contributed by atoms with Crippen LogP contribution in [0.2, 0.25) is 0 Å². The number of amides is 2. The van der Waals surface area contributed by atoms with Crippen LogP contribution in [0.25, 0.3) is 0 Å². The SMILES string of the molecule is Cc1cccc(C(=O)N2CCCN(C(=O)c3sccc3Br)CC2)c1. The number of hydrogen-bond acceptors (Lipinski definition) is 3. The maximum absolute atomic E-state index is 12.7. The average Bonchev–Trinajstić information content (AvgIpc) is 2.85. The first-order valence-corrected chi connectivity index (χ1v) is 9.62. The summed E-state index contributed by atoms with van der Waals surface area (Å²) in [5.41, 5.74) is 1.80. The van der Waals surface area contributed by atoms with Crippen LogP contribution in [0.5, 0.6) is 0 Å². The molecule has 126 valence electrons. The Morgan fingerprint density at radius 3 is 2.38 bits per heavy atom. The summed E-state index contributed by atoms with van der Waals surface area (Å²) in [5.74, 6) is 0.0898. The molecule has 0 radical (unpaired) electrons. The van der Waals surface area contributed by atoms with Crippen LogP contribution in [-0.4, -0.2) is 47.8 Å². The van der Waals surface area contributed by atoms with Gasteiger partial charge in [0.15, 0.2) is 0 Å². The Bertz CT molecular complexity index is 759. The molecular weight excluding hydrogens is 388 g/mol. The number of carbonyl (C=O) groups excluding carboxylic acids is 2. The average molecular weight is 407 g/mol. The lowest BCUT2D eigenvalue weighted by Gasteiger charge is -2.22. The van der Waals surface area contributed by atoms with Crippen LogP contribution in [0, 0.1) is 6.92 Å². The zero-order chi connectivity index (χ0) is 17.1. The third-order valence-corrected chi connectivity index (χ3v) is 5.97. The molecule has 2 aromatic rings. The molecule has 1 fully saturated rings. The van der Waals surface area contributed by atoms with Crippen molar-refractivity contribution in [2.75, 3.05) is 26.2 Å². The normalized spacial score (nSPS) is 15.2. The van der Waals surface area contributed by atoms with E-state index >= 15 is 0 Å². The van der Waals surface area contributed by atoms with E-state index in [1.54, 1.807) is 0 Å². The number of hydrogen-bond donors (Lipinski definition) is 0. The first-order chi connectivity index (χ1) is 11.6. The largest absolute Gasteiger partial charge is 0.337 e. The minimum atomic E-state index is 0.0433. The van der Waals surface area contributed by atoms with E-state index in [2.05, 4.69) is 15.9 Å². The minimum absolute atomic E-state index is 0.0433. The maximum Gasteiger partial charge on any atom is 0.265 e. The molecule has 3 rings (SSSR count). The number of aryl methyl sites for hydroxylation is 1. The number of rotatable bonds is 2. The minimum Gasteiger partial charge on any atom is -0.337 e. The van der Waals surface area contributed by atoms with E-state index in [0.717, 1.165) is 26.9 Å². The first-order valence-electron chi connectivity index (χ1n) is 7.94. The quantitative estimate of drug-likeness (QED) is 0.760. The molecule has 1 aromatic carbocycles. The Morgan fingerprint density at radius 2 is 1.75 bits per heavy atom. The molecule has 0 atom stereocenters. The van der Waals surface area contributed by atoms with Crippen molar-refractivity contribution in [1.29, 1.82) is 0 Å². The van der Waals surface area contributed by atoms with Crippen molar-refractivity contribution in [3.05, 3.63) is 56.2 Å². The third-order valence-electron chi connectivity index (χ3n) is 4.15. The smallest absolute Gasteiger partial charge is 0.265 e. The Labute approximate surface area is 154 Å². The van der Waals surface area contributed by atoms with Gasteiger partial charge in [0.1, 0.15) is 4.88 Å². The summed E-state index contributed by atoms with van der Waals surface area (Å²) < 4.78 is 0.842. The number of carbonyl (C=O) groups is 2. The Morgan fingerprint density at radius 1 is 1.04 bits per heavy atom. The Balaban J connectivity index is 1.68. The van der Waals surface area contributed by atoms with Crippen molar-refractivity contribution in [3.63, 3.8) is 0 Å². The molecule has 0 N–H and O–H groups in total. The molecule has 1 aromatic heterocycles. The van der Waals surface area contributed by atoms with Crippen LogP contribution in [-0.2, 0) is 0 Å². The predicted molar refractivity (Wildman–Crippen MR) is 99.6 cm³/mol. The Hall–Kier alpha value is -1.66. The van der Waals surface area contributed by atoms with Crippen molar-refractivity contribution in [2.24, 2.45) is 0 Å². The molecule has 0 spiro atoms. The lowest BCUT2D eigenvalue weighted by Crippen LogP contribution is -2.37. The van der Waals surface area contributed by atoms with Crippen molar-refractivity contribution in [2.45, 2.75) is 13.3 Å². The summed E-state index contributed by atoms with van der Waals surface area (Å²) >= 11 is 4.87. The van der Waals surface area contributed by atoms with Crippen molar-refractivity contribution in [1.82, 2.24) is 9.80 Å². The molecule has 6 heteroatoms. The van der Waals surface area contributed by atoms with Crippen molar-refractivity contribution in [3.8, 4) is 0 Å². The van der Waals surface area contributed by atoms with Gasteiger partial charge >= 0.3 is 0 Å². The number of halogens is 1. The van der Waals surface area contributed by atoms with Gasteiger partial charge in [-0.15, -0.1) is 11.3 Å². The van der Waals surface area contributed by atoms with E-state index < -0.39 is 0 Å². The highest BCUT2D eigenvalue weighted by atomic mass is 79.9. The first kappa shape index (κ1) is 17.2. The van der Waals surface area contributed by atoms with E-state index in [1.807, 2.05) is 52.4 Å². The molecule has 4 nitrogen and oxygen atoms in total. The van der Waals surface area contributed by atoms with Gasteiger partial charge in [-0.05, 0) is 52.9 Å². The fourth-order valence-corrected chi connectivity index (χ4v) is 4.38. The summed E-state index contributed by atoms with van der Waals surface area (Å²) in [7, 11) is 0. The highest BCUT2D eigenvalue weighted by Crippen LogP contribution is 2.24. The summed E-state index contributed by atoms with van der Waals surface area (Å²) in [6.07, 6.45) is 0.798. The van der Waals surface area contributed by atoms with E-state index in [4.69, 9.17) is 0 Å². The van der Waals surface area contributed by atoms with Crippen LogP contribution in [0.15, 0.2) is 40.2 Å². The third kappa shape index (κ3) is 3.70. The second-order valence-corrected chi connectivity index (χ2v) is 7.68. The summed E-state index contributed by atoms with van der Waals surface area (Å²) in [6.45, 7) is 4.49. The van der Waals surface area contributed by atoms with Crippen LogP contribution in [0.1, 0.15) is 32.0 Å². The molecule has 0 unspecified atom stereocenters. The van der Waals surface area contributed by atoms with E-state index in [9.17, 15) is 9.59 Å². The van der Waals surface area contributed by atoms with Gasteiger partial charge in [-0.25, -0.2) is 0 Å². The van der Waals surface area contributed by atoms with Gasteiger partial charge < -0.3 is 9.80 Å². The maximum atomic E-state index is 12.7. The molecule has 0 bridgehead atoms. The van der Waals surface area contributed by atoms with Crippen LogP contribution in [0.3, 0.4) is 0 Å². The highest BCUT2D eigenvalue weighted by molar-refractivity contribution is 9.10. The van der Waals surface area contributed by atoms with Crippen molar-refractivity contribution < 1.29 is 9.59 Å². The van der Waals surface area contributed by atoms with E-state index in [1.165, 1.54) is 11.3 Å². The van der Waals surface area contributed by atoms with Gasteiger partial charge in [-0.2, -0.15) is 0 Å². The van der Waals surface area contributed by atoms with E-state index in [0.29, 0.717) is 26.2 Å². The number of thiophene rings is 1. The second-order valence-electron chi connectivity index (χ2n) is 5.91. The molecule has 2 heterocycles. The fourth-order valence-electron chi connectivity index (χ4n) is 2.87. The lowest BCUT2D eigenvalue weighted by atomic mass is 10.1. The summed E-state index contributed by atoms with van der Waals surface area (Å²) in [5, 5.41) is 1.91. The summed E-state index contributed by atoms with van der Waals surface area (Å²) in [6, 6.07) is 9.55. The van der Waals surface area contributed by atoms with Gasteiger partial charge in [0.25, 0.3) is 11.8 Å². The molecule has 0 saturated carbocycles. The highest BCUT2D eigenvalue weighted by Gasteiger charge is 2.25. The standard InChI is InChI=1S/C18H19BrN2O2S/c1-13-4-2-5-14(12-13)17(22)20-7-3-8-21(10-9-20)18(23)16-15(19)6-11-24-16/h2,4-6,11-12H,3,7-10H2,1H3. The fraction of sp³-hybridized carbons (Fsp3) is 0.333. The molecule has 1 saturated heterocycles. The Kier molecular flexibility index (Phi) is 5.36. The van der Waals surface area contributed by atoms with Gasteiger partial charge in [-0.3, -0.25) is 9.59 Å². The van der Waals surface area contributed by atoms with Gasteiger partial charge in [0, 0.05) is 36.2 Å². The van der Waals surface area contributed by atoms with Gasteiger partial charge in [0.05, 0.1) is 0 Å². The topological polar surface area (TPSA) is 40.6 Å². The second kappa shape index (κ2) is 7.49. The zero-order valence-corrected chi connectivity index (χ0v) is 15.9. The monoisotopic (exact) mass is 406 g/mol. The van der Waals surface area contributed by atoms with Crippen LogP contribution >= 0.6 is 27.3 Å². The number of benzene rings is 1. The number of nitrogens with zero attached hydrogens (tertiary/aromatic N) is 2. The predicted octanol–water partition coefficient (Wildman–Crippen LogP) is 3.81. The molecule has 2 amide bonds. The van der Waals surface area contributed by atoms with E-state index in [-0.39, 0.29) is 11.8 Å². The lowest BCUT2D eigenvalue weighted by molar-refractivity contribution is 0.0720. The van der Waals surface area contributed by atoms with Gasteiger partial charge in [-0.1, -0.05) is 17.7 Å². The molecule has 24 heavy (non-hydrogen) atoms. The van der Waals surface area contributed by atoms with Crippen LogP contribution in [0.4, 0.5) is 0 Å².